The molecule has 3 rings (SSSR count). The van der Waals surface area contributed by atoms with Gasteiger partial charge in [-0.2, -0.15) is 0 Å². The molecule has 0 radical (unpaired) electrons. The molecule has 6 nitrogen and oxygen atoms in total. The number of aromatic nitrogens is 3. The molecule has 1 aliphatic heterocycles. The van der Waals surface area contributed by atoms with Gasteiger partial charge in [0.05, 0.1) is 6.20 Å². The molecule has 0 aromatic carbocycles. The maximum absolute atomic E-state index is 5.83. The van der Waals surface area contributed by atoms with E-state index in [1.165, 1.54) is 0 Å². The maximum Gasteiger partial charge on any atom is 0.180 e. The van der Waals surface area contributed by atoms with Crippen LogP contribution in [0, 0.1) is 0 Å². The summed E-state index contributed by atoms with van der Waals surface area (Å²) in [5, 5.41) is 3.50. The van der Waals surface area contributed by atoms with Crippen molar-refractivity contribution in [3.8, 4) is 0 Å². The molecule has 0 amide bonds. The number of rotatable bonds is 2. The highest BCUT2D eigenvalue weighted by Crippen LogP contribution is 2.21. The number of nitrogens with one attached hydrogen (secondary N) is 1. The summed E-state index contributed by atoms with van der Waals surface area (Å²) in [5.41, 5.74) is 6.66. The van der Waals surface area contributed by atoms with Gasteiger partial charge in [0, 0.05) is 31.0 Å². The molecule has 1 fully saturated rings. The van der Waals surface area contributed by atoms with Crippen molar-refractivity contribution < 1.29 is 0 Å². The number of likely N-dealkylation sites (tertiary alicyclic amines) is 1. The monoisotopic (exact) mass is 260 g/mol. The average Bonchev–Trinajstić information content (AvgIpc) is 2.82. The molecule has 0 bridgehead atoms. The van der Waals surface area contributed by atoms with E-state index in [-0.39, 0.29) is 0 Å². The van der Waals surface area contributed by atoms with Gasteiger partial charge in [-0.15, -0.1) is 0 Å². The van der Waals surface area contributed by atoms with Gasteiger partial charge in [-0.25, -0.2) is 9.97 Å². The topological polar surface area (TPSA) is 71.5 Å². The Morgan fingerprint density at radius 3 is 3.11 bits per heavy atom. The van der Waals surface area contributed by atoms with Crippen LogP contribution in [0.5, 0.6) is 0 Å². The molecule has 3 N–H and O–H groups in total. The fraction of sp³-hybridized carbons (Fsp3) is 0.538. The lowest BCUT2D eigenvalue weighted by Gasteiger charge is -2.35. The second kappa shape index (κ2) is 4.70. The first-order valence-corrected chi connectivity index (χ1v) is 6.69. The van der Waals surface area contributed by atoms with Gasteiger partial charge >= 0.3 is 0 Å². The van der Waals surface area contributed by atoms with E-state index in [0.29, 0.717) is 17.9 Å². The zero-order valence-corrected chi connectivity index (χ0v) is 11.4. The van der Waals surface area contributed by atoms with Crippen molar-refractivity contribution in [3.05, 3.63) is 18.6 Å². The van der Waals surface area contributed by atoms with E-state index in [4.69, 9.17) is 5.73 Å². The third-order valence-corrected chi connectivity index (χ3v) is 3.94. The van der Waals surface area contributed by atoms with Crippen LogP contribution in [0.4, 0.5) is 11.6 Å². The van der Waals surface area contributed by atoms with Crippen molar-refractivity contribution >= 4 is 17.3 Å². The van der Waals surface area contributed by atoms with Crippen molar-refractivity contribution in [1.82, 2.24) is 19.3 Å². The van der Waals surface area contributed by atoms with Gasteiger partial charge in [-0.1, -0.05) is 0 Å². The standard InChI is InChI=1S/C13H20N6/c1-9-7-10(3-5-18(9)2)16-12-13-15-4-6-19(13)8-11(14)17-12/h4,6,8-10H,3,5,7,14H2,1-2H3,(H,16,17). The molecule has 0 saturated carbocycles. The Hall–Kier alpha value is -1.82. The summed E-state index contributed by atoms with van der Waals surface area (Å²) in [7, 11) is 2.17. The van der Waals surface area contributed by atoms with Crippen LogP contribution < -0.4 is 11.1 Å². The summed E-state index contributed by atoms with van der Waals surface area (Å²) in [6.07, 6.45) is 7.66. The van der Waals surface area contributed by atoms with Gasteiger partial charge in [-0.05, 0) is 26.8 Å². The van der Waals surface area contributed by atoms with Crippen LogP contribution in [0.1, 0.15) is 19.8 Å². The summed E-state index contributed by atoms with van der Waals surface area (Å²) in [6, 6.07) is 1.02. The number of nitrogens with two attached hydrogens (primary N) is 1. The lowest BCUT2D eigenvalue weighted by atomic mass is 9.99. The third kappa shape index (κ3) is 2.35. The molecule has 0 spiro atoms. The number of nitrogens with zero attached hydrogens (tertiary/aromatic N) is 4. The lowest BCUT2D eigenvalue weighted by molar-refractivity contribution is 0.190. The Morgan fingerprint density at radius 1 is 1.47 bits per heavy atom. The molecule has 19 heavy (non-hydrogen) atoms. The van der Waals surface area contributed by atoms with Crippen molar-refractivity contribution in [3.63, 3.8) is 0 Å². The molecule has 0 aliphatic carbocycles. The van der Waals surface area contributed by atoms with Crippen LogP contribution in [0.15, 0.2) is 18.6 Å². The van der Waals surface area contributed by atoms with Crippen LogP contribution >= 0.6 is 0 Å². The Labute approximate surface area is 112 Å². The molecule has 1 saturated heterocycles. The molecule has 3 heterocycles. The second-order valence-electron chi connectivity index (χ2n) is 5.37. The third-order valence-electron chi connectivity index (χ3n) is 3.94. The highest BCUT2D eigenvalue weighted by atomic mass is 15.2. The maximum atomic E-state index is 5.83. The molecule has 1 aliphatic rings. The average molecular weight is 260 g/mol. The molecule has 2 aromatic rings. The minimum absolute atomic E-state index is 0.431. The number of nitrogen functional groups attached to an aromatic ring is 1. The Bertz CT molecular complexity index is 578. The minimum atomic E-state index is 0.431. The predicted octanol–water partition coefficient (Wildman–Crippen LogP) is 1.21. The number of fused-ring (bicyclic) bond motifs is 1. The first-order valence-electron chi connectivity index (χ1n) is 6.69. The van der Waals surface area contributed by atoms with Gasteiger partial charge in [0.25, 0.3) is 0 Å². The molecular weight excluding hydrogens is 240 g/mol. The SMILES string of the molecule is CC1CC(Nc2nc(N)cn3ccnc23)CCN1C. The minimum Gasteiger partial charge on any atom is -0.382 e. The zero-order chi connectivity index (χ0) is 13.4. The highest BCUT2D eigenvalue weighted by molar-refractivity contribution is 5.65. The number of imidazole rings is 1. The number of hydrogen-bond donors (Lipinski definition) is 2. The summed E-state index contributed by atoms with van der Waals surface area (Å²) in [4.78, 5) is 11.1. The van der Waals surface area contributed by atoms with Gasteiger partial charge in [0.15, 0.2) is 11.5 Å². The summed E-state index contributed by atoms with van der Waals surface area (Å²) >= 11 is 0. The normalized spacial score (nSPS) is 24.7. The van der Waals surface area contributed by atoms with E-state index in [1.54, 1.807) is 12.4 Å². The van der Waals surface area contributed by atoms with Crippen LogP contribution in [-0.4, -0.2) is 44.9 Å². The molecule has 2 atom stereocenters. The number of anilines is 2. The predicted molar refractivity (Wildman–Crippen MR) is 76.1 cm³/mol. The van der Waals surface area contributed by atoms with E-state index < -0.39 is 0 Å². The molecule has 2 aromatic heterocycles. The van der Waals surface area contributed by atoms with Crippen LogP contribution in [-0.2, 0) is 0 Å². The fourth-order valence-electron chi connectivity index (χ4n) is 2.66. The van der Waals surface area contributed by atoms with Crippen molar-refractivity contribution in [2.75, 3.05) is 24.6 Å². The smallest absolute Gasteiger partial charge is 0.180 e. The quantitative estimate of drug-likeness (QED) is 0.849. The van der Waals surface area contributed by atoms with E-state index >= 15 is 0 Å². The van der Waals surface area contributed by atoms with E-state index in [2.05, 4.69) is 34.2 Å². The summed E-state index contributed by atoms with van der Waals surface area (Å²) in [6.45, 7) is 3.36. The van der Waals surface area contributed by atoms with Crippen LogP contribution in [0.25, 0.3) is 5.65 Å². The largest absolute Gasteiger partial charge is 0.382 e. The fourth-order valence-corrected chi connectivity index (χ4v) is 2.66. The van der Waals surface area contributed by atoms with Gasteiger partial charge in [0.1, 0.15) is 5.82 Å². The molecule has 102 valence electrons. The first kappa shape index (κ1) is 12.2. The Morgan fingerprint density at radius 2 is 2.32 bits per heavy atom. The first-order chi connectivity index (χ1) is 9.13. The van der Waals surface area contributed by atoms with Crippen molar-refractivity contribution in [1.29, 1.82) is 0 Å². The number of piperidine rings is 1. The summed E-state index contributed by atoms with van der Waals surface area (Å²) < 4.78 is 1.91. The van der Waals surface area contributed by atoms with Crippen molar-refractivity contribution in [2.24, 2.45) is 0 Å². The Kier molecular flexibility index (Phi) is 3.02. The van der Waals surface area contributed by atoms with Gasteiger partial charge in [0.2, 0.25) is 0 Å². The van der Waals surface area contributed by atoms with E-state index in [1.807, 2.05) is 10.6 Å². The van der Waals surface area contributed by atoms with Gasteiger partial charge in [-0.3, -0.25) is 0 Å². The molecule has 6 heteroatoms. The lowest BCUT2D eigenvalue weighted by Crippen LogP contribution is -2.42. The molecular formula is C13H20N6. The van der Waals surface area contributed by atoms with Crippen LogP contribution in [0.2, 0.25) is 0 Å². The zero-order valence-electron chi connectivity index (χ0n) is 11.4. The number of hydrogen-bond acceptors (Lipinski definition) is 5. The van der Waals surface area contributed by atoms with Crippen LogP contribution in [0.3, 0.4) is 0 Å². The highest BCUT2D eigenvalue weighted by Gasteiger charge is 2.23. The molecule has 2 unspecified atom stereocenters. The van der Waals surface area contributed by atoms with E-state index in [0.717, 1.165) is 30.9 Å². The second-order valence-corrected chi connectivity index (χ2v) is 5.37. The Balaban J connectivity index is 1.83. The van der Waals surface area contributed by atoms with E-state index in [9.17, 15) is 0 Å². The van der Waals surface area contributed by atoms with Gasteiger partial charge < -0.3 is 20.4 Å². The summed E-state index contributed by atoms with van der Waals surface area (Å²) in [5.74, 6) is 1.29. The van der Waals surface area contributed by atoms with Crippen molar-refractivity contribution in [2.45, 2.75) is 31.8 Å².